The largest absolute Gasteiger partial charge is 0.316 e. The summed E-state index contributed by atoms with van der Waals surface area (Å²) in [5.74, 6) is -1.67. The standard InChI is InChI=1S/2C2H4O2.C2H4O.Li.Mg.3H/c2*1-2(3)4;1-2-3;;;;;/h2*1H3,(H,3,4);2H,1H3;;;;;. The molecule has 0 fully saturated rings. The van der Waals surface area contributed by atoms with E-state index in [1.807, 2.05) is 0 Å². The Kier molecular flexibility index (Phi) is 66.7. The number of hydrogen-bond donors (Lipinski definition) is 2. The molecule has 13 heavy (non-hydrogen) atoms. The van der Waals surface area contributed by atoms with Gasteiger partial charge in [-0.15, -0.1) is 0 Å². The van der Waals surface area contributed by atoms with E-state index >= 15 is 0 Å². The third-order valence-electron chi connectivity index (χ3n) is 0. The van der Waals surface area contributed by atoms with Crippen LogP contribution in [0.15, 0.2) is 0 Å². The van der Waals surface area contributed by atoms with Crippen molar-refractivity contribution in [1.82, 2.24) is 0 Å². The summed E-state index contributed by atoms with van der Waals surface area (Å²) < 4.78 is 0. The molecule has 72 valence electrons. The van der Waals surface area contributed by atoms with Gasteiger partial charge in [0, 0.05) is 13.8 Å². The topological polar surface area (TPSA) is 91.7 Å². The van der Waals surface area contributed by atoms with Crippen molar-refractivity contribution in [2.24, 2.45) is 0 Å². The summed E-state index contributed by atoms with van der Waals surface area (Å²) in [4.78, 5) is 26.8. The van der Waals surface area contributed by atoms with E-state index in [2.05, 4.69) is 0 Å². The molecule has 0 aromatic heterocycles. The van der Waals surface area contributed by atoms with Gasteiger partial charge in [0.05, 0.1) is 0 Å². The van der Waals surface area contributed by atoms with Crippen molar-refractivity contribution >= 4 is 60.1 Å². The van der Waals surface area contributed by atoms with Gasteiger partial charge in [-0.1, -0.05) is 0 Å². The molecule has 0 amide bonds. The molecule has 0 saturated carbocycles. The normalized spacial score (nSPS) is 4.85. The first-order valence-corrected chi connectivity index (χ1v) is 2.67. The van der Waals surface area contributed by atoms with Crippen LogP contribution < -0.4 is 0 Å². The molecule has 5 nitrogen and oxygen atoms in total. The van der Waals surface area contributed by atoms with Crippen molar-refractivity contribution in [3.63, 3.8) is 0 Å². The summed E-state index contributed by atoms with van der Waals surface area (Å²) in [5.41, 5.74) is 0. The quantitative estimate of drug-likeness (QED) is 0.378. The summed E-state index contributed by atoms with van der Waals surface area (Å²) in [5, 5.41) is 14.8. The number of rotatable bonds is 0. The molecular weight excluding hydrogens is 183 g/mol. The molecule has 0 aliphatic carbocycles. The van der Waals surface area contributed by atoms with Gasteiger partial charge in [-0.3, -0.25) is 9.59 Å². The SMILES string of the molecule is CC(=O)O.CC(=O)O.CC=O.[LiH].[MgH2]. The second kappa shape index (κ2) is 29.6. The zero-order valence-corrected chi connectivity index (χ0v) is 6.70. The molecule has 0 unspecified atom stereocenters. The predicted molar refractivity (Wildman–Crippen MR) is 54.1 cm³/mol. The van der Waals surface area contributed by atoms with Gasteiger partial charge in [0.1, 0.15) is 6.29 Å². The fourth-order valence-corrected chi connectivity index (χ4v) is 0. The first-order chi connectivity index (χ1) is 4.88. The minimum absolute atomic E-state index is 0. The van der Waals surface area contributed by atoms with Crippen molar-refractivity contribution < 1.29 is 24.6 Å². The van der Waals surface area contributed by atoms with Crippen LogP contribution in [0.3, 0.4) is 0 Å². The van der Waals surface area contributed by atoms with Gasteiger partial charge < -0.3 is 15.0 Å². The van der Waals surface area contributed by atoms with Crippen LogP contribution in [0.4, 0.5) is 0 Å². The molecule has 0 aromatic carbocycles. The smallest absolute Gasteiger partial charge is 0.316 e. The average molecular weight is 198 g/mol. The van der Waals surface area contributed by atoms with Gasteiger partial charge in [-0.05, 0) is 6.92 Å². The maximum atomic E-state index is 9.00. The number of aliphatic carboxylic acids is 2. The van der Waals surface area contributed by atoms with Crippen LogP contribution in [0.25, 0.3) is 0 Å². The summed E-state index contributed by atoms with van der Waals surface area (Å²) >= 11 is 0. The van der Waals surface area contributed by atoms with Crippen molar-refractivity contribution in [3.05, 3.63) is 0 Å². The Hall–Kier alpha value is -0.0264. The summed E-state index contributed by atoms with van der Waals surface area (Å²) in [7, 11) is 0. The molecule has 0 aliphatic rings. The maximum Gasteiger partial charge on any atom is 0.316 e. The molecule has 0 spiro atoms. The number of carboxylic acid groups (broad SMARTS) is 2. The summed E-state index contributed by atoms with van der Waals surface area (Å²) in [6.07, 6.45) is 0.750. The Morgan fingerprint density at radius 1 is 1.08 bits per heavy atom. The Morgan fingerprint density at radius 2 is 1.08 bits per heavy atom. The molecule has 0 radical (unpaired) electrons. The number of aldehydes is 1. The van der Waals surface area contributed by atoms with E-state index in [4.69, 9.17) is 24.6 Å². The fourth-order valence-electron chi connectivity index (χ4n) is 0. The van der Waals surface area contributed by atoms with E-state index in [1.54, 1.807) is 0 Å². The van der Waals surface area contributed by atoms with E-state index < -0.39 is 11.9 Å². The third-order valence-corrected chi connectivity index (χ3v) is 0. The van der Waals surface area contributed by atoms with Crippen LogP contribution in [0.5, 0.6) is 0 Å². The zero-order chi connectivity index (χ0) is 9.86. The van der Waals surface area contributed by atoms with Crippen molar-refractivity contribution in [3.8, 4) is 0 Å². The molecule has 0 bridgehead atoms. The van der Waals surface area contributed by atoms with Crippen LogP contribution in [0.2, 0.25) is 0 Å². The van der Waals surface area contributed by atoms with Crippen LogP contribution in [-0.4, -0.2) is 70.4 Å². The fraction of sp³-hybridized carbons (Fsp3) is 0.500. The molecule has 0 rings (SSSR count). The maximum absolute atomic E-state index is 9.00. The van der Waals surface area contributed by atoms with E-state index in [0.29, 0.717) is 0 Å². The second-order valence-corrected chi connectivity index (χ2v) is 1.27. The molecular formula is C6H15LiMgO5. The van der Waals surface area contributed by atoms with Gasteiger partial charge in [0.2, 0.25) is 0 Å². The van der Waals surface area contributed by atoms with Gasteiger partial charge in [0.25, 0.3) is 11.9 Å². The molecule has 7 heteroatoms. The van der Waals surface area contributed by atoms with Crippen LogP contribution in [-0.2, 0) is 14.4 Å². The Balaban J connectivity index is -0.0000000231. The number of carboxylic acids is 2. The summed E-state index contributed by atoms with van der Waals surface area (Å²) in [6.45, 7) is 3.61. The van der Waals surface area contributed by atoms with Gasteiger partial charge >= 0.3 is 41.9 Å². The zero-order valence-electron chi connectivity index (χ0n) is 6.70. The molecule has 0 atom stereocenters. The third kappa shape index (κ3) is 1710000. The number of carbonyl (C=O) groups is 3. The number of hydrogen-bond acceptors (Lipinski definition) is 3. The first kappa shape index (κ1) is 29.3. The minimum atomic E-state index is -0.833. The van der Waals surface area contributed by atoms with Crippen molar-refractivity contribution in [2.45, 2.75) is 20.8 Å². The Morgan fingerprint density at radius 3 is 1.08 bits per heavy atom. The van der Waals surface area contributed by atoms with E-state index in [1.165, 1.54) is 6.92 Å². The predicted octanol–water partition coefficient (Wildman–Crippen LogP) is -1.18. The monoisotopic (exact) mass is 198 g/mol. The van der Waals surface area contributed by atoms with E-state index in [-0.39, 0.29) is 41.9 Å². The molecule has 2 N–H and O–H groups in total. The van der Waals surface area contributed by atoms with Gasteiger partial charge in [0.15, 0.2) is 0 Å². The first-order valence-electron chi connectivity index (χ1n) is 2.67. The van der Waals surface area contributed by atoms with E-state index in [9.17, 15) is 0 Å². The Labute approximate surface area is 105 Å². The molecule has 0 aliphatic heterocycles. The van der Waals surface area contributed by atoms with E-state index in [0.717, 1.165) is 20.1 Å². The van der Waals surface area contributed by atoms with Crippen LogP contribution in [0, 0.1) is 0 Å². The second-order valence-electron chi connectivity index (χ2n) is 1.27. The van der Waals surface area contributed by atoms with Crippen molar-refractivity contribution in [2.75, 3.05) is 0 Å². The summed E-state index contributed by atoms with van der Waals surface area (Å²) in [6, 6.07) is 0. The average Bonchev–Trinajstić information content (AvgIpc) is 1.60. The number of carbonyl (C=O) groups excluding carboxylic acids is 1. The van der Waals surface area contributed by atoms with Crippen LogP contribution in [0.1, 0.15) is 20.8 Å². The van der Waals surface area contributed by atoms with Gasteiger partial charge in [-0.25, -0.2) is 0 Å². The minimum Gasteiger partial charge on any atom is 0.316 e. The molecule has 0 aromatic rings. The molecule has 0 heterocycles. The Bertz CT molecular complexity index is 108. The molecule has 0 saturated heterocycles. The van der Waals surface area contributed by atoms with Crippen molar-refractivity contribution in [1.29, 1.82) is 0 Å². The van der Waals surface area contributed by atoms with Crippen LogP contribution >= 0.6 is 0 Å². The van der Waals surface area contributed by atoms with Gasteiger partial charge in [-0.2, -0.15) is 0 Å².